The molecule has 0 radical (unpaired) electrons. The summed E-state index contributed by atoms with van der Waals surface area (Å²) in [5.41, 5.74) is 0. The van der Waals surface area contributed by atoms with E-state index in [1.54, 1.807) is 0 Å². The Morgan fingerprint density at radius 3 is 1.25 bits per heavy atom. The van der Waals surface area contributed by atoms with Crippen molar-refractivity contribution in [2.45, 2.75) is 238 Å². The normalized spacial score (nSPS) is 12.4. The zero-order valence-corrected chi connectivity index (χ0v) is 34.6. The summed E-state index contributed by atoms with van der Waals surface area (Å²) in [6, 6.07) is 0. The minimum atomic E-state index is -0.791. The van der Waals surface area contributed by atoms with Gasteiger partial charge in [-0.05, 0) is 64.2 Å². The number of esters is 2. The standard InChI is InChI=1S/C47H86O5/c1-3-5-7-9-11-13-15-17-19-20-21-22-23-24-25-26-28-30-32-34-36-38-40-42-47(50)52-45(43-48)44-51-46(49)41-39-37-35-33-31-29-27-18-16-14-12-10-8-6-4-2/h12,14,18,27,34,36,45,48H,3-11,13,15-17,19-26,28-33,35,37-44H2,1-2H3/b14-12+,27-18+,36-34+/t45-/m0/s1. The van der Waals surface area contributed by atoms with Gasteiger partial charge in [0, 0.05) is 12.8 Å². The van der Waals surface area contributed by atoms with Crippen molar-refractivity contribution in [1.82, 2.24) is 0 Å². The van der Waals surface area contributed by atoms with E-state index in [0.29, 0.717) is 12.8 Å². The van der Waals surface area contributed by atoms with Crippen LogP contribution < -0.4 is 0 Å². The molecule has 0 aliphatic rings. The Labute approximate surface area is 323 Å². The fraction of sp³-hybridized carbons (Fsp3) is 0.830. The van der Waals surface area contributed by atoms with Crippen molar-refractivity contribution in [3.63, 3.8) is 0 Å². The largest absolute Gasteiger partial charge is 0.462 e. The molecule has 0 amide bonds. The molecule has 0 aliphatic heterocycles. The predicted octanol–water partition coefficient (Wildman–Crippen LogP) is 14.4. The lowest BCUT2D eigenvalue weighted by molar-refractivity contribution is -0.161. The van der Waals surface area contributed by atoms with Gasteiger partial charge in [-0.3, -0.25) is 9.59 Å². The fourth-order valence-corrected chi connectivity index (χ4v) is 6.47. The Kier molecular flexibility index (Phi) is 42.0. The molecule has 0 aromatic rings. The van der Waals surface area contributed by atoms with Crippen molar-refractivity contribution in [1.29, 1.82) is 0 Å². The third kappa shape index (κ3) is 40.9. The molecule has 0 aromatic heterocycles. The molecule has 0 bridgehead atoms. The van der Waals surface area contributed by atoms with Crippen molar-refractivity contribution in [3.8, 4) is 0 Å². The smallest absolute Gasteiger partial charge is 0.306 e. The molecule has 304 valence electrons. The molecule has 0 spiro atoms. The van der Waals surface area contributed by atoms with Crippen molar-refractivity contribution in [2.75, 3.05) is 13.2 Å². The van der Waals surface area contributed by atoms with Crippen LogP contribution in [-0.4, -0.2) is 36.4 Å². The maximum absolute atomic E-state index is 12.2. The highest BCUT2D eigenvalue weighted by molar-refractivity contribution is 5.70. The lowest BCUT2D eigenvalue weighted by Crippen LogP contribution is -2.28. The molecule has 0 aliphatic carbocycles. The average Bonchev–Trinajstić information content (AvgIpc) is 3.15. The first-order valence-corrected chi connectivity index (χ1v) is 22.5. The number of ether oxygens (including phenoxy) is 2. The monoisotopic (exact) mass is 731 g/mol. The molecule has 0 saturated carbocycles. The van der Waals surface area contributed by atoms with Gasteiger partial charge in [0.25, 0.3) is 0 Å². The Morgan fingerprint density at radius 2 is 0.788 bits per heavy atom. The Hall–Kier alpha value is -1.88. The van der Waals surface area contributed by atoms with Crippen LogP contribution in [0, 0.1) is 0 Å². The molecule has 5 nitrogen and oxygen atoms in total. The number of unbranched alkanes of at least 4 members (excludes halogenated alkanes) is 27. The number of carbonyl (C=O) groups excluding carboxylic acids is 2. The molecule has 0 aromatic carbocycles. The molecule has 1 N–H and O–H groups in total. The summed E-state index contributed by atoms with van der Waals surface area (Å²) in [7, 11) is 0. The number of aliphatic hydroxyl groups is 1. The van der Waals surface area contributed by atoms with Crippen molar-refractivity contribution in [3.05, 3.63) is 36.5 Å². The van der Waals surface area contributed by atoms with Crippen LogP contribution in [0.2, 0.25) is 0 Å². The molecular weight excluding hydrogens is 645 g/mol. The quantitative estimate of drug-likeness (QED) is 0.0385. The lowest BCUT2D eigenvalue weighted by Gasteiger charge is -2.15. The second-order valence-corrected chi connectivity index (χ2v) is 15.1. The van der Waals surface area contributed by atoms with Gasteiger partial charge in [-0.25, -0.2) is 0 Å². The summed E-state index contributed by atoms with van der Waals surface area (Å²) >= 11 is 0. The summed E-state index contributed by atoms with van der Waals surface area (Å²) < 4.78 is 10.6. The SMILES string of the molecule is CCCCC/C=C/C/C=C/CCCCCCCC(=O)OC[C@H](CO)OC(=O)CCC/C=C/CCCCCCCCCCCCCCCCCCCC. The molecular formula is C47H86O5. The van der Waals surface area contributed by atoms with Crippen molar-refractivity contribution >= 4 is 11.9 Å². The first-order chi connectivity index (χ1) is 25.6. The van der Waals surface area contributed by atoms with Crippen molar-refractivity contribution in [2.24, 2.45) is 0 Å². The van der Waals surface area contributed by atoms with Gasteiger partial charge in [0.2, 0.25) is 0 Å². The minimum absolute atomic E-state index is 0.0827. The molecule has 52 heavy (non-hydrogen) atoms. The number of rotatable bonds is 41. The molecule has 0 heterocycles. The van der Waals surface area contributed by atoms with Crippen LogP contribution in [0.4, 0.5) is 0 Å². The average molecular weight is 731 g/mol. The van der Waals surface area contributed by atoms with E-state index in [9.17, 15) is 14.7 Å². The first kappa shape index (κ1) is 50.1. The number of carbonyl (C=O) groups is 2. The molecule has 0 rings (SSSR count). The van der Waals surface area contributed by atoms with Crippen LogP contribution in [0.15, 0.2) is 36.5 Å². The third-order valence-corrected chi connectivity index (χ3v) is 9.91. The van der Waals surface area contributed by atoms with Crippen LogP contribution in [0.25, 0.3) is 0 Å². The Balaban J connectivity index is 3.54. The highest BCUT2D eigenvalue weighted by Gasteiger charge is 2.16. The van der Waals surface area contributed by atoms with E-state index in [4.69, 9.17) is 9.47 Å². The minimum Gasteiger partial charge on any atom is -0.462 e. The molecule has 5 heteroatoms. The van der Waals surface area contributed by atoms with E-state index in [1.807, 2.05) is 0 Å². The van der Waals surface area contributed by atoms with Gasteiger partial charge < -0.3 is 14.6 Å². The Morgan fingerprint density at radius 1 is 0.442 bits per heavy atom. The van der Waals surface area contributed by atoms with Gasteiger partial charge in [0.05, 0.1) is 6.61 Å². The molecule has 1 atom stereocenters. The fourth-order valence-electron chi connectivity index (χ4n) is 6.47. The predicted molar refractivity (Wildman–Crippen MR) is 224 cm³/mol. The van der Waals surface area contributed by atoms with E-state index in [-0.39, 0.29) is 25.2 Å². The molecule has 0 saturated heterocycles. The van der Waals surface area contributed by atoms with Gasteiger partial charge in [-0.2, -0.15) is 0 Å². The van der Waals surface area contributed by atoms with E-state index in [0.717, 1.165) is 51.4 Å². The highest BCUT2D eigenvalue weighted by atomic mass is 16.6. The second kappa shape index (κ2) is 43.5. The van der Waals surface area contributed by atoms with Crippen LogP contribution >= 0.6 is 0 Å². The summed E-state index contributed by atoms with van der Waals surface area (Å²) in [4.78, 5) is 24.3. The van der Waals surface area contributed by atoms with Crippen LogP contribution in [-0.2, 0) is 19.1 Å². The topological polar surface area (TPSA) is 72.8 Å². The van der Waals surface area contributed by atoms with Crippen molar-refractivity contribution < 1.29 is 24.2 Å². The lowest BCUT2D eigenvalue weighted by atomic mass is 10.0. The van der Waals surface area contributed by atoms with Gasteiger partial charge in [0.15, 0.2) is 6.10 Å². The summed E-state index contributed by atoms with van der Waals surface area (Å²) in [5.74, 6) is -0.638. The van der Waals surface area contributed by atoms with Crippen LogP contribution in [0.3, 0.4) is 0 Å². The number of aliphatic hydroxyl groups excluding tert-OH is 1. The van der Waals surface area contributed by atoms with Gasteiger partial charge in [0.1, 0.15) is 6.61 Å². The van der Waals surface area contributed by atoms with E-state index < -0.39 is 6.10 Å². The van der Waals surface area contributed by atoms with Crippen LogP contribution in [0.5, 0.6) is 0 Å². The number of hydrogen-bond acceptors (Lipinski definition) is 5. The highest BCUT2D eigenvalue weighted by Crippen LogP contribution is 2.15. The number of hydrogen-bond donors (Lipinski definition) is 1. The zero-order chi connectivity index (χ0) is 37.8. The first-order valence-electron chi connectivity index (χ1n) is 22.5. The van der Waals surface area contributed by atoms with E-state index in [2.05, 4.69) is 50.3 Å². The second-order valence-electron chi connectivity index (χ2n) is 15.1. The summed E-state index contributed by atoms with van der Waals surface area (Å²) in [6.07, 6.45) is 53.7. The van der Waals surface area contributed by atoms with Crippen LogP contribution in [0.1, 0.15) is 232 Å². The van der Waals surface area contributed by atoms with Gasteiger partial charge in [-0.15, -0.1) is 0 Å². The molecule has 0 fully saturated rings. The maximum Gasteiger partial charge on any atom is 0.306 e. The van der Waals surface area contributed by atoms with Gasteiger partial charge in [-0.1, -0.05) is 192 Å². The summed E-state index contributed by atoms with van der Waals surface area (Å²) in [6.45, 7) is 4.10. The zero-order valence-electron chi connectivity index (χ0n) is 34.6. The molecule has 0 unspecified atom stereocenters. The van der Waals surface area contributed by atoms with E-state index >= 15 is 0 Å². The third-order valence-electron chi connectivity index (χ3n) is 9.91. The number of allylic oxidation sites excluding steroid dienone is 6. The Bertz CT molecular complexity index is 832. The van der Waals surface area contributed by atoms with E-state index in [1.165, 1.54) is 154 Å². The summed E-state index contributed by atoms with van der Waals surface area (Å²) in [5, 5.41) is 9.57. The van der Waals surface area contributed by atoms with Gasteiger partial charge >= 0.3 is 11.9 Å². The maximum atomic E-state index is 12.2.